The molecule has 0 amide bonds. The van der Waals surface area contributed by atoms with Crippen molar-refractivity contribution in [3.05, 3.63) is 0 Å². The first-order valence-corrected chi connectivity index (χ1v) is 9.50. The predicted octanol–water partition coefficient (Wildman–Crippen LogP) is 2.44. The van der Waals surface area contributed by atoms with Crippen molar-refractivity contribution in [1.29, 1.82) is 0 Å². The molecule has 18 heavy (non-hydrogen) atoms. The van der Waals surface area contributed by atoms with Gasteiger partial charge in [-0.1, -0.05) is 0 Å². The second kappa shape index (κ2) is 6.48. The van der Waals surface area contributed by atoms with E-state index < -0.39 is 24.6 Å². The fraction of sp³-hybridized carbons (Fsp3) is 1.00. The molecule has 0 bridgehead atoms. The predicted molar refractivity (Wildman–Crippen MR) is 66.8 cm³/mol. The van der Waals surface area contributed by atoms with Crippen LogP contribution in [0.1, 0.15) is 62.3 Å². The third-order valence-electron chi connectivity index (χ3n) is 1.42. The van der Waals surface area contributed by atoms with Crippen molar-refractivity contribution < 1.29 is 36.0 Å². The smallest absolute Gasteiger partial charge is 0.159 e. The molecule has 0 aromatic heterocycles. The maximum Gasteiger partial charge on any atom is -0.159 e. The minimum absolute atomic E-state index is 0.502. The second-order valence-electron chi connectivity index (χ2n) is 6.61. The molecule has 6 heteroatoms. The molecule has 4 nitrogen and oxygen atoms in total. The van der Waals surface area contributed by atoms with Gasteiger partial charge in [-0.15, -0.1) is 0 Å². The zero-order valence-corrected chi connectivity index (χ0v) is 15.3. The van der Waals surface area contributed by atoms with E-state index in [1.807, 2.05) is 0 Å². The van der Waals surface area contributed by atoms with E-state index in [9.17, 15) is 0 Å². The van der Waals surface area contributed by atoms with Gasteiger partial charge in [0.2, 0.25) is 0 Å². The molecule has 0 saturated heterocycles. The third kappa shape index (κ3) is 11.8. The van der Waals surface area contributed by atoms with E-state index in [0.29, 0.717) is 11.7 Å². The zero-order chi connectivity index (χ0) is 15.6. The molecule has 0 rings (SSSR count). The molecule has 0 heterocycles. The van der Waals surface area contributed by atoms with Crippen LogP contribution in [0.3, 0.4) is 0 Å². The Kier molecular flexibility index (Phi) is 7.59. The minimum Gasteiger partial charge on any atom is -0.822 e. The Bertz CT molecular complexity index is 249. The van der Waals surface area contributed by atoms with E-state index in [-0.39, 0.29) is 0 Å². The Morgan fingerprint density at radius 1 is 0.667 bits per heavy atom. The van der Waals surface area contributed by atoms with Crippen LogP contribution in [0.5, 0.6) is 0 Å². The summed E-state index contributed by atoms with van der Waals surface area (Å²) in [5.74, 6) is 0. The van der Waals surface area contributed by atoms with Crippen molar-refractivity contribution in [1.82, 2.24) is 0 Å². The van der Waals surface area contributed by atoms with Crippen molar-refractivity contribution in [3.8, 4) is 0 Å². The molecule has 0 aromatic rings. The van der Waals surface area contributed by atoms with Crippen molar-refractivity contribution in [2.75, 3.05) is 0 Å². The maximum atomic E-state index is 8.55. The average Bonchev–Trinajstić information content (AvgIpc) is 1.65. The van der Waals surface area contributed by atoms with Gasteiger partial charge >= 0.3 is 90.7 Å². The Morgan fingerprint density at radius 3 is 0.778 bits per heavy atom. The van der Waals surface area contributed by atoms with E-state index in [2.05, 4.69) is 62.3 Å². The SMILES string of the molecule is C[C](C)(C)[Pd+3]([C](C)(C)C)[C](C)(C)C.O=P([O-])([O-])[O-]. The topological polar surface area (TPSA) is 86.2 Å². The van der Waals surface area contributed by atoms with Gasteiger partial charge < -0.3 is 19.2 Å². The zero-order valence-electron chi connectivity index (χ0n) is 12.9. The summed E-state index contributed by atoms with van der Waals surface area (Å²) in [6.45, 7) is 21.7. The van der Waals surface area contributed by atoms with E-state index in [1.54, 1.807) is 0 Å². The molecule has 0 spiro atoms. The molecule has 0 unspecified atom stereocenters. The van der Waals surface area contributed by atoms with E-state index in [4.69, 9.17) is 19.2 Å². The van der Waals surface area contributed by atoms with Crippen molar-refractivity contribution in [2.24, 2.45) is 0 Å². The van der Waals surface area contributed by atoms with Gasteiger partial charge in [-0.3, -0.25) is 0 Å². The summed E-state index contributed by atoms with van der Waals surface area (Å²) in [4.78, 5) is 25.6. The average molecular weight is 373 g/mol. The molecule has 0 fully saturated rings. The molecule has 0 radical (unpaired) electrons. The first kappa shape index (κ1) is 21.1. The summed E-state index contributed by atoms with van der Waals surface area (Å²) in [5, 5.41) is 0. The van der Waals surface area contributed by atoms with Crippen LogP contribution >= 0.6 is 7.82 Å². The molecule has 0 aliphatic heterocycles. The van der Waals surface area contributed by atoms with Gasteiger partial charge in [0.15, 0.2) is 0 Å². The van der Waals surface area contributed by atoms with Gasteiger partial charge in [0.1, 0.15) is 0 Å². The van der Waals surface area contributed by atoms with Crippen LogP contribution < -0.4 is 14.7 Å². The normalized spacial score (nSPS) is 14.8. The molecule has 0 saturated carbocycles. The van der Waals surface area contributed by atoms with Gasteiger partial charge in [0.05, 0.1) is 0 Å². The summed E-state index contributed by atoms with van der Waals surface area (Å²) in [6, 6.07) is 0. The van der Waals surface area contributed by atoms with Gasteiger partial charge in [0, 0.05) is 0 Å². The van der Waals surface area contributed by atoms with Gasteiger partial charge in [-0.2, -0.15) is 7.82 Å². The van der Waals surface area contributed by atoms with Crippen LogP contribution in [0.25, 0.3) is 0 Å². The molecule has 0 N–H and O–H groups in total. The minimum atomic E-state index is -5.39. The number of hydrogen-bond acceptors (Lipinski definition) is 4. The van der Waals surface area contributed by atoms with Crippen molar-refractivity contribution in [3.63, 3.8) is 0 Å². The fourth-order valence-electron chi connectivity index (χ4n) is 2.13. The van der Waals surface area contributed by atoms with Gasteiger partial charge in [0.25, 0.3) is 0 Å². The standard InChI is InChI=1S/3C4H9.H3O4P.Pd/c3*1-4(2)3;1-5(2,3)4;/h3*1-3H3;(H3,1,2,3,4);/q;;;;+3/p-3. The second-order valence-corrected chi connectivity index (χ2v) is 15.7. The van der Waals surface area contributed by atoms with E-state index in [0.717, 1.165) is 0 Å². The number of phosphoric acid groups is 1. The molecule has 0 atom stereocenters. The van der Waals surface area contributed by atoms with Crippen molar-refractivity contribution in [2.45, 2.75) is 74.0 Å². The number of hydrogen-bond donors (Lipinski definition) is 0. The van der Waals surface area contributed by atoms with Crippen LogP contribution in [-0.4, -0.2) is 0 Å². The Morgan fingerprint density at radius 2 is 0.778 bits per heavy atom. The molecule has 0 aliphatic rings. The summed E-state index contributed by atoms with van der Waals surface area (Å²) in [7, 11) is -5.39. The van der Waals surface area contributed by atoms with Gasteiger partial charge in [-0.05, 0) is 0 Å². The Balaban J connectivity index is 0. The van der Waals surface area contributed by atoms with E-state index >= 15 is 0 Å². The monoisotopic (exact) mass is 372 g/mol. The van der Waals surface area contributed by atoms with Gasteiger partial charge in [-0.25, -0.2) is 0 Å². The van der Waals surface area contributed by atoms with Crippen molar-refractivity contribution >= 4 is 7.82 Å². The van der Waals surface area contributed by atoms with Crippen LogP contribution in [0, 0.1) is 0 Å². The molecule has 114 valence electrons. The largest absolute Gasteiger partial charge is 0.822 e. The first-order valence-electron chi connectivity index (χ1n) is 5.70. The molecular weight excluding hydrogens is 346 g/mol. The summed E-state index contributed by atoms with van der Waals surface area (Å²) < 4.78 is 10.1. The Labute approximate surface area is 118 Å². The maximum absolute atomic E-state index is 8.55. The van der Waals surface area contributed by atoms with Crippen LogP contribution in [0.2, 0.25) is 11.7 Å². The van der Waals surface area contributed by atoms with Crippen LogP contribution in [0.15, 0.2) is 0 Å². The Hall–Kier alpha value is 0.772. The summed E-state index contributed by atoms with van der Waals surface area (Å²) in [6.07, 6.45) is 0. The fourth-order valence-corrected chi connectivity index (χ4v) is 12.6. The first-order chi connectivity index (χ1) is 7.37. The third-order valence-corrected chi connectivity index (χ3v) is 8.42. The van der Waals surface area contributed by atoms with Crippen LogP contribution in [-0.2, 0) is 21.3 Å². The van der Waals surface area contributed by atoms with E-state index in [1.165, 1.54) is 0 Å². The molecular formula is C12H27O4PPd. The van der Waals surface area contributed by atoms with Crippen LogP contribution in [0.4, 0.5) is 0 Å². The summed E-state index contributed by atoms with van der Waals surface area (Å²) in [5.41, 5.74) is 0. The molecule has 0 aliphatic carbocycles. The molecule has 0 aromatic carbocycles. The number of rotatable bonds is 0. The summed E-state index contributed by atoms with van der Waals surface area (Å²) >= 11 is -0.554. The quantitative estimate of drug-likeness (QED) is 0.482.